The molecule has 2 atom stereocenters. The van der Waals surface area contributed by atoms with Gasteiger partial charge < -0.3 is 15.5 Å². The molecule has 1 aliphatic rings. The number of anilines is 1. The minimum Gasteiger partial charge on any atom is -0.378 e. The van der Waals surface area contributed by atoms with Crippen LogP contribution >= 0.6 is 0 Å². The van der Waals surface area contributed by atoms with E-state index in [9.17, 15) is 13.6 Å². The molecule has 2 aromatic rings. The van der Waals surface area contributed by atoms with E-state index in [1.165, 1.54) is 12.1 Å². The topological polar surface area (TPSA) is 44.4 Å². The highest BCUT2D eigenvalue weighted by Gasteiger charge is 2.33. The van der Waals surface area contributed by atoms with Crippen molar-refractivity contribution >= 4 is 11.6 Å². The Hall–Kier alpha value is -2.47. The Bertz CT molecular complexity index is 760. The highest BCUT2D eigenvalue weighted by atomic mass is 19.3. The first-order valence-electron chi connectivity index (χ1n) is 9.08. The van der Waals surface area contributed by atoms with Gasteiger partial charge in [-0.15, -0.1) is 0 Å². The van der Waals surface area contributed by atoms with Crippen molar-refractivity contribution in [2.75, 3.05) is 32.1 Å². The molecule has 6 heteroatoms. The second-order valence-electron chi connectivity index (χ2n) is 7.12. The quantitative estimate of drug-likeness (QED) is 0.817. The Morgan fingerprint density at radius 2 is 1.78 bits per heavy atom. The van der Waals surface area contributed by atoms with Gasteiger partial charge in [0.25, 0.3) is 6.43 Å². The van der Waals surface area contributed by atoms with E-state index in [2.05, 4.69) is 10.6 Å². The Morgan fingerprint density at radius 3 is 2.37 bits per heavy atom. The highest BCUT2D eigenvalue weighted by Crippen LogP contribution is 2.30. The Kier molecular flexibility index (Phi) is 6.06. The fraction of sp³-hybridized carbons (Fsp3) is 0.381. The molecule has 0 bridgehead atoms. The zero-order valence-corrected chi connectivity index (χ0v) is 15.6. The second-order valence-corrected chi connectivity index (χ2v) is 7.12. The number of hydrogen-bond donors (Lipinski definition) is 2. The van der Waals surface area contributed by atoms with Crippen molar-refractivity contribution in [3.63, 3.8) is 0 Å². The minimum absolute atomic E-state index is 0.00637. The van der Waals surface area contributed by atoms with E-state index in [1.54, 1.807) is 12.1 Å². The van der Waals surface area contributed by atoms with E-state index in [1.807, 2.05) is 43.3 Å². The van der Waals surface area contributed by atoms with Gasteiger partial charge in [0.2, 0.25) is 5.91 Å². The Morgan fingerprint density at radius 1 is 1.11 bits per heavy atom. The van der Waals surface area contributed by atoms with Gasteiger partial charge in [-0.05, 0) is 23.3 Å². The van der Waals surface area contributed by atoms with E-state index < -0.39 is 6.43 Å². The lowest BCUT2D eigenvalue weighted by molar-refractivity contribution is -0.125. The third kappa shape index (κ3) is 4.63. The molecule has 0 spiro atoms. The summed E-state index contributed by atoms with van der Waals surface area (Å²) in [7, 11) is 3.97. The molecule has 0 unspecified atom stereocenters. The third-order valence-corrected chi connectivity index (χ3v) is 5.09. The van der Waals surface area contributed by atoms with Crippen molar-refractivity contribution in [1.29, 1.82) is 0 Å². The van der Waals surface area contributed by atoms with Gasteiger partial charge in [-0.25, -0.2) is 8.78 Å². The van der Waals surface area contributed by atoms with Crippen molar-refractivity contribution in [3.8, 4) is 0 Å². The van der Waals surface area contributed by atoms with E-state index >= 15 is 0 Å². The average molecular weight is 373 g/mol. The summed E-state index contributed by atoms with van der Waals surface area (Å²) in [5, 5.41) is 6.25. The summed E-state index contributed by atoms with van der Waals surface area (Å²) in [6, 6.07) is 14.3. The van der Waals surface area contributed by atoms with Crippen LogP contribution in [0.2, 0.25) is 0 Å². The standard InChI is InChI=1S/C21H25F2N3O/c1-26(2)17-9-3-14(4-10-17)11-25-21(27)19-13-24-12-18(19)15-5-7-16(8-6-15)20(22)23/h3-10,18-20,24H,11-13H2,1-2H3,(H,25,27)/t18-,19+/m1/s1. The van der Waals surface area contributed by atoms with Gasteiger partial charge >= 0.3 is 0 Å². The molecule has 0 aliphatic carbocycles. The number of halogens is 2. The molecule has 1 heterocycles. The van der Waals surface area contributed by atoms with Crippen LogP contribution in [0, 0.1) is 5.92 Å². The number of carbonyl (C=O) groups is 1. The molecule has 27 heavy (non-hydrogen) atoms. The molecule has 0 radical (unpaired) electrons. The Labute approximate surface area is 158 Å². The molecule has 1 fully saturated rings. The van der Waals surface area contributed by atoms with Gasteiger partial charge in [-0.3, -0.25) is 4.79 Å². The first kappa shape index (κ1) is 19.3. The van der Waals surface area contributed by atoms with Crippen LogP contribution in [0.4, 0.5) is 14.5 Å². The Balaban J connectivity index is 1.61. The first-order chi connectivity index (χ1) is 13.0. The molecule has 3 rings (SSSR count). The molecule has 0 saturated carbocycles. The predicted molar refractivity (Wildman–Crippen MR) is 103 cm³/mol. The van der Waals surface area contributed by atoms with Crippen molar-refractivity contribution in [2.24, 2.45) is 5.92 Å². The lowest BCUT2D eigenvalue weighted by Gasteiger charge is -2.19. The maximum Gasteiger partial charge on any atom is 0.263 e. The molecular weight excluding hydrogens is 348 g/mol. The zero-order chi connectivity index (χ0) is 19.4. The molecule has 2 aromatic carbocycles. The third-order valence-electron chi connectivity index (χ3n) is 5.09. The van der Waals surface area contributed by atoms with Gasteiger partial charge in [0.15, 0.2) is 0 Å². The molecule has 1 aliphatic heterocycles. The van der Waals surface area contributed by atoms with Crippen molar-refractivity contribution in [2.45, 2.75) is 18.9 Å². The second kappa shape index (κ2) is 8.48. The van der Waals surface area contributed by atoms with Crippen LogP contribution in [-0.4, -0.2) is 33.1 Å². The fourth-order valence-corrected chi connectivity index (χ4v) is 3.43. The van der Waals surface area contributed by atoms with Crippen LogP contribution in [0.1, 0.15) is 29.0 Å². The summed E-state index contributed by atoms with van der Waals surface area (Å²) in [4.78, 5) is 14.7. The van der Waals surface area contributed by atoms with Gasteiger partial charge in [0.05, 0.1) is 5.92 Å². The number of carbonyl (C=O) groups excluding carboxylic acids is 1. The fourth-order valence-electron chi connectivity index (χ4n) is 3.43. The average Bonchev–Trinajstić information content (AvgIpc) is 3.16. The molecular formula is C21H25F2N3O. The summed E-state index contributed by atoms with van der Waals surface area (Å²) in [6.45, 7) is 1.73. The number of nitrogens with zero attached hydrogens (tertiary/aromatic N) is 1. The minimum atomic E-state index is -2.47. The summed E-state index contributed by atoms with van der Waals surface area (Å²) in [6.07, 6.45) is -2.47. The zero-order valence-electron chi connectivity index (χ0n) is 15.6. The number of alkyl halides is 2. The van der Waals surface area contributed by atoms with Gasteiger partial charge in [0, 0.05) is 50.9 Å². The number of rotatable bonds is 6. The number of nitrogens with one attached hydrogen (secondary N) is 2. The predicted octanol–water partition coefficient (Wildman–Crippen LogP) is 3.31. The van der Waals surface area contributed by atoms with E-state index in [0.717, 1.165) is 16.8 Å². The van der Waals surface area contributed by atoms with Crippen LogP contribution < -0.4 is 15.5 Å². The normalized spacial score (nSPS) is 19.3. The van der Waals surface area contributed by atoms with Crippen molar-refractivity contribution < 1.29 is 13.6 Å². The van der Waals surface area contributed by atoms with E-state index in [4.69, 9.17) is 0 Å². The van der Waals surface area contributed by atoms with Crippen LogP contribution in [0.25, 0.3) is 0 Å². The van der Waals surface area contributed by atoms with Gasteiger partial charge in [0.1, 0.15) is 0 Å². The number of benzene rings is 2. The van der Waals surface area contributed by atoms with E-state index in [0.29, 0.717) is 19.6 Å². The molecule has 2 N–H and O–H groups in total. The lowest BCUT2D eigenvalue weighted by atomic mass is 9.88. The van der Waals surface area contributed by atoms with Crippen LogP contribution in [0.15, 0.2) is 48.5 Å². The summed E-state index contributed by atoms with van der Waals surface area (Å²) in [5.41, 5.74) is 3.07. The maximum absolute atomic E-state index is 12.7. The smallest absolute Gasteiger partial charge is 0.263 e. The largest absolute Gasteiger partial charge is 0.378 e. The summed E-state index contributed by atoms with van der Waals surface area (Å²) >= 11 is 0. The van der Waals surface area contributed by atoms with Crippen LogP contribution in [0.3, 0.4) is 0 Å². The molecule has 0 aromatic heterocycles. The molecule has 1 amide bonds. The highest BCUT2D eigenvalue weighted by molar-refractivity contribution is 5.80. The van der Waals surface area contributed by atoms with E-state index in [-0.39, 0.29) is 23.3 Å². The SMILES string of the molecule is CN(C)c1ccc(CNC(=O)[C@H]2CNC[C@@H]2c2ccc(C(F)F)cc2)cc1. The van der Waals surface area contributed by atoms with Crippen molar-refractivity contribution in [3.05, 3.63) is 65.2 Å². The molecule has 4 nitrogen and oxygen atoms in total. The van der Waals surface area contributed by atoms with Crippen LogP contribution in [-0.2, 0) is 11.3 Å². The monoisotopic (exact) mass is 373 g/mol. The molecule has 144 valence electrons. The molecule has 1 saturated heterocycles. The van der Waals surface area contributed by atoms with Crippen molar-refractivity contribution in [1.82, 2.24) is 10.6 Å². The van der Waals surface area contributed by atoms with Gasteiger partial charge in [-0.2, -0.15) is 0 Å². The maximum atomic E-state index is 12.7. The lowest BCUT2D eigenvalue weighted by Crippen LogP contribution is -2.34. The number of amides is 1. The van der Waals surface area contributed by atoms with Gasteiger partial charge in [-0.1, -0.05) is 36.4 Å². The number of hydrogen-bond acceptors (Lipinski definition) is 3. The van der Waals surface area contributed by atoms with Crippen LogP contribution in [0.5, 0.6) is 0 Å². The first-order valence-corrected chi connectivity index (χ1v) is 9.08. The summed E-state index contributed by atoms with van der Waals surface area (Å²) in [5.74, 6) is -0.226. The summed E-state index contributed by atoms with van der Waals surface area (Å²) < 4.78 is 25.5.